The monoisotopic (exact) mass is 251 g/mol. The fourth-order valence-corrected chi connectivity index (χ4v) is 1.45. The topological polar surface area (TPSA) is 57.5 Å². The minimum atomic E-state index is -0.431. The molecule has 18 heavy (non-hydrogen) atoms. The lowest BCUT2D eigenvalue weighted by molar-refractivity contribution is -0.138. The fourth-order valence-electron chi connectivity index (χ4n) is 1.45. The number of esters is 1. The number of methoxy groups -OCH3 is 1. The maximum absolute atomic E-state index is 11.6. The van der Waals surface area contributed by atoms with Gasteiger partial charge in [0.1, 0.15) is 0 Å². The Morgan fingerprint density at radius 1 is 1.50 bits per heavy atom. The molecule has 0 N–H and O–H groups in total. The molecule has 1 rings (SSSR count). The molecular formula is C13H17NO4. The minimum absolute atomic E-state index is 0.117. The second kappa shape index (κ2) is 6.64. The molecular weight excluding hydrogens is 234 g/mol. The van der Waals surface area contributed by atoms with Crippen molar-refractivity contribution in [3.05, 3.63) is 46.1 Å². The van der Waals surface area contributed by atoms with Gasteiger partial charge >= 0.3 is 5.97 Å². The quantitative estimate of drug-likeness (QED) is 0.445. The molecule has 0 radical (unpaired) electrons. The number of ether oxygens (including phenoxy) is 2. The van der Waals surface area contributed by atoms with Gasteiger partial charge in [0.05, 0.1) is 25.6 Å². The number of carbonyl (C=O) groups is 1. The van der Waals surface area contributed by atoms with Crippen LogP contribution in [0.2, 0.25) is 0 Å². The van der Waals surface area contributed by atoms with Gasteiger partial charge in [-0.15, -0.1) is 0 Å². The van der Waals surface area contributed by atoms with E-state index in [0.717, 1.165) is 5.56 Å². The molecule has 0 aromatic carbocycles. The van der Waals surface area contributed by atoms with Crippen LogP contribution in [-0.2, 0) is 27.7 Å². The molecule has 0 saturated heterocycles. The molecule has 5 nitrogen and oxygen atoms in total. The lowest BCUT2D eigenvalue weighted by atomic mass is 10.1. The third-order valence-corrected chi connectivity index (χ3v) is 2.36. The van der Waals surface area contributed by atoms with Crippen LogP contribution in [0.4, 0.5) is 0 Å². The Kier molecular flexibility index (Phi) is 5.17. The van der Waals surface area contributed by atoms with Crippen molar-refractivity contribution >= 4 is 5.97 Å². The van der Waals surface area contributed by atoms with Crippen molar-refractivity contribution in [3.63, 3.8) is 0 Å². The molecule has 0 aliphatic carbocycles. The van der Waals surface area contributed by atoms with Gasteiger partial charge in [0.25, 0.3) is 5.56 Å². The Balaban J connectivity index is 2.90. The van der Waals surface area contributed by atoms with E-state index < -0.39 is 5.97 Å². The summed E-state index contributed by atoms with van der Waals surface area (Å²) >= 11 is 0. The first-order valence-electron chi connectivity index (χ1n) is 5.63. The zero-order valence-corrected chi connectivity index (χ0v) is 10.8. The number of hydrogen-bond donors (Lipinski definition) is 0. The van der Waals surface area contributed by atoms with Crippen molar-refractivity contribution in [2.45, 2.75) is 13.3 Å². The van der Waals surface area contributed by atoms with Gasteiger partial charge in [-0.25, -0.2) is 4.79 Å². The summed E-state index contributed by atoms with van der Waals surface area (Å²) in [6.07, 6.45) is 3.31. The van der Waals surface area contributed by atoms with Crippen molar-refractivity contribution in [2.24, 2.45) is 7.05 Å². The number of carbonyl (C=O) groups excluding carboxylic acids is 1. The van der Waals surface area contributed by atoms with Gasteiger partial charge < -0.3 is 14.0 Å². The molecule has 0 bridgehead atoms. The third kappa shape index (κ3) is 3.76. The highest BCUT2D eigenvalue weighted by atomic mass is 16.5. The van der Waals surface area contributed by atoms with E-state index in [0.29, 0.717) is 18.6 Å². The largest absolute Gasteiger partial charge is 0.504 e. The number of hydrogen-bond acceptors (Lipinski definition) is 4. The van der Waals surface area contributed by atoms with E-state index in [1.807, 2.05) is 0 Å². The number of aryl methyl sites for hydroxylation is 1. The Labute approximate surface area is 106 Å². The van der Waals surface area contributed by atoms with Crippen molar-refractivity contribution in [1.29, 1.82) is 0 Å². The molecule has 98 valence electrons. The summed E-state index contributed by atoms with van der Waals surface area (Å²) in [4.78, 5) is 23.1. The van der Waals surface area contributed by atoms with Crippen LogP contribution in [0.5, 0.6) is 0 Å². The van der Waals surface area contributed by atoms with Gasteiger partial charge in [-0.1, -0.05) is 0 Å². The normalized spacial score (nSPS) is 11.2. The smallest absolute Gasteiger partial charge is 0.337 e. The summed E-state index contributed by atoms with van der Waals surface area (Å²) in [6.45, 7) is 2.04. The Morgan fingerprint density at radius 2 is 2.22 bits per heavy atom. The van der Waals surface area contributed by atoms with E-state index in [2.05, 4.69) is 0 Å². The lowest BCUT2D eigenvalue weighted by Crippen LogP contribution is -2.16. The zero-order chi connectivity index (χ0) is 13.5. The van der Waals surface area contributed by atoms with Crippen molar-refractivity contribution in [1.82, 2.24) is 4.57 Å². The maximum Gasteiger partial charge on any atom is 0.337 e. The number of pyridine rings is 1. The number of rotatable bonds is 5. The molecule has 0 saturated carbocycles. The lowest BCUT2D eigenvalue weighted by Gasteiger charge is -2.07. The summed E-state index contributed by atoms with van der Waals surface area (Å²) in [5.74, 6) is -0.431. The molecule has 1 heterocycles. The van der Waals surface area contributed by atoms with Gasteiger partial charge in [-0.3, -0.25) is 4.79 Å². The van der Waals surface area contributed by atoms with E-state index in [9.17, 15) is 9.59 Å². The minimum Gasteiger partial charge on any atom is -0.504 e. The van der Waals surface area contributed by atoms with Gasteiger partial charge in [-0.05, 0) is 18.6 Å². The van der Waals surface area contributed by atoms with Crippen molar-refractivity contribution in [3.8, 4) is 0 Å². The van der Waals surface area contributed by atoms with Crippen molar-refractivity contribution in [2.75, 3.05) is 13.7 Å². The van der Waals surface area contributed by atoms with E-state index in [-0.39, 0.29) is 5.56 Å². The zero-order valence-electron chi connectivity index (χ0n) is 10.8. The summed E-state index contributed by atoms with van der Waals surface area (Å²) < 4.78 is 11.2. The predicted molar refractivity (Wildman–Crippen MR) is 67.1 cm³/mol. The van der Waals surface area contributed by atoms with E-state index in [1.54, 1.807) is 26.2 Å². The molecule has 0 amide bonds. The van der Waals surface area contributed by atoms with Gasteiger partial charge in [0, 0.05) is 25.7 Å². The summed E-state index contributed by atoms with van der Waals surface area (Å²) in [6, 6.07) is 3.27. The standard InChI is InChI=1S/C13H17NO4/c1-4-18-13(16)11(9-17-3)7-10-5-6-14(2)12(15)8-10/h5-6,8-9H,4,7H2,1-3H3. The Morgan fingerprint density at radius 3 is 2.78 bits per heavy atom. The summed E-state index contributed by atoms with van der Waals surface area (Å²) in [5, 5.41) is 0. The van der Waals surface area contributed by atoms with Crippen LogP contribution in [0.1, 0.15) is 12.5 Å². The number of aromatic nitrogens is 1. The average molecular weight is 251 g/mol. The molecule has 0 aliphatic heterocycles. The first kappa shape index (κ1) is 14.0. The van der Waals surface area contributed by atoms with Gasteiger partial charge in [-0.2, -0.15) is 0 Å². The fraction of sp³-hybridized carbons (Fsp3) is 0.385. The SMILES string of the molecule is CCOC(=O)C(=COC)Cc1ccn(C)c(=O)c1. The Hall–Kier alpha value is -2.04. The van der Waals surface area contributed by atoms with E-state index >= 15 is 0 Å². The Bertz CT molecular complexity index is 502. The van der Waals surface area contributed by atoms with Crippen LogP contribution in [0, 0.1) is 0 Å². The van der Waals surface area contributed by atoms with Gasteiger partial charge in [0.2, 0.25) is 0 Å². The van der Waals surface area contributed by atoms with Crippen molar-refractivity contribution < 1.29 is 14.3 Å². The first-order valence-corrected chi connectivity index (χ1v) is 5.63. The number of nitrogens with zero attached hydrogens (tertiary/aromatic N) is 1. The highest BCUT2D eigenvalue weighted by molar-refractivity contribution is 5.88. The van der Waals surface area contributed by atoms with Crippen LogP contribution in [-0.4, -0.2) is 24.3 Å². The van der Waals surface area contributed by atoms with Crippen LogP contribution in [0.3, 0.4) is 0 Å². The molecule has 5 heteroatoms. The highest BCUT2D eigenvalue weighted by Crippen LogP contribution is 2.08. The summed E-state index contributed by atoms with van der Waals surface area (Å²) in [7, 11) is 3.13. The predicted octanol–water partition coefficient (Wildman–Crippen LogP) is 1.02. The van der Waals surface area contributed by atoms with Crippen LogP contribution in [0.15, 0.2) is 35.0 Å². The third-order valence-electron chi connectivity index (χ3n) is 2.36. The molecule has 0 spiro atoms. The molecule has 1 aromatic rings. The molecule has 0 fully saturated rings. The van der Waals surface area contributed by atoms with Crippen LogP contribution in [0.25, 0.3) is 0 Å². The average Bonchev–Trinajstić information content (AvgIpc) is 2.33. The van der Waals surface area contributed by atoms with Crippen LogP contribution < -0.4 is 5.56 Å². The van der Waals surface area contributed by atoms with Crippen LogP contribution >= 0.6 is 0 Å². The first-order chi connectivity index (χ1) is 8.58. The van der Waals surface area contributed by atoms with E-state index in [4.69, 9.17) is 9.47 Å². The molecule has 1 aromatic heterocycles. The van der Waals surface area contributed by atoms with Gasteiger partial charge in [0.15, 0.2) is 0 Å². The molecule has 0 unspecified atom stereocenters. The second-order valence-electron chi connectivity index (χ2n) is 3.76. The highest BCUT2D eigenvalue weighted by Gasteiger charge is 2.12. The molecule has 0 atom stereocenters. The summed E-state index contributed by atoms with van der Waals surface area (Å²) in [5.41, 5.74) is 1.01. The maximum atomic E-state index is 11.6. The molecule has 0 aliphatic rings. The second-order valence-corrected chi connectivity index (χ2v) is 3.76. The van der Waals surface area contributed by atoms with E-state index in [1.165, 1.54) is 24.0 Å².